The Bertz CT molecular complexity index is 807. The molecule has 4 nitrogen and oxygen atoms in total. The molecule has 0 aliphatic carbocycles. The number of hydrogen-bond donors (Lipinski definition) is 0. The lowest BCUT2D eigenvalue weighted by Crippen LogP contribution is -2.29. The number of hydrogen-bond acceptors (Lipinski definition) is 4. The molecule has 0 amide bonds. The Kier molecular flexibility index (Phi) is 5.27. The van der Waals surface area contributed by atoms with E-state index in [1.807, 2.05) is 17.0 Å². The highest BCUT2D eigenvalue weighted by Crippen LogP contribution is 2.31. The van der Waals surface area contributed by atoms with Gasteiger partial charge in [0.25, 0.3) is 0 Å². The molecule has 138 valence electrons. The lowest BCUT2D eigenvalue weighted by molar-refractivity contribution is -0.153. The number of alkyl halides is 3. The molecule has 1 aliphatic heterocycles. The Hall–Kier alpha value is -2.41. The molecule has 8 heteroatoms. The van der Waals surface area contributed by atoms with E-state index in [4.69, 9.17) is 21.1 Å². The van der Waals surface area contributed by atoms with Crippen molar-refractivity contribution >= 4 is 23.1 Å². The van der Waals surface area contributed by atoms with Crippen LogP contribution in [-0.2, 0) is 0 Å². The summed E-state index contributed by atoms with van der Waals surface area (Å²) in [5.74, 6) is 1.02. The number of aliphatic imine (C=N–C) groups is 1. The fourth-order valence-electron chi connectivity index (χ4n) is 2.64. The molecule has 0 radical (unpaired) electrons. The minimum Gasteiger partial charge on any atom is -0.497 e. The van der Waals surface area contributed by atoms with Crippen molar-refractivity contribution in [1.29, 1.82) is 0 Å². The number of benzene rings is 2. The average Bonchev–Trinajstić information content (AvgIpc) is 3.09. The van der Waals surface area contributed by atoms with Crippen LogP contribution < -0.4 is 14.4 Å². The summed E-state index contributed by atoms with van der Waals surface area (Å²) < 4.78 is 47.9. The van der Waals surface area contributed by atoms with Crippen molar-refractivity contribution in [2.24, 2.45) is 4.99 Å². The molecule has 1 heterocycles. The van der Waals surface area contributed by atoms with Gasteiger partial charge in [-0.15, -0.1) is 0 Å². The van der Waals surface area contributed by atoms with Gasteiger partial charge in [0.05, 0.1) is 19.2 Å². The third-order valence-electron chi connectivity index (χ3n) is 3.80. The van der Waals surface area contributed by atoms with E-state index in [1.165, 1.54) is 13.2 Å². The lowest BCUT2D eigenvalue weighted by Gasteiger charge is -2.23. The maximum absolute atomic E-state index is 12.6. The first kappa shape index (κ1) is 18.4. The van der Waals surface area contributed by atoms with Gasteiger partial charge in [-0.25, -0.2) is 0 Å². The Labute approximate surface area is 153 Å². The molecule has 1 aliphatic rings. The summed E-state index contributed by atoms with van der Waals surface area (Å²) in [6.07, 6.45) is -4.44. The van der Waals surface area contributed by atoms with Crippen molar-refractivity contribution in [3.05, 3.63) is 53.1 Å². The van der Waals surface area contributed by atoms with Crippen LogP contribution in [0.15, 0.2) is 47.5 Å². The summed E-state index contributed by atoms with van der Waals surface area (Å²) >= 11 is 5.93. The first-order valence-electron chi connectivity index (χ1n) is 7.83. The van der Waals surface area contributed by atoms with E-state index < -0.39 is 12.8 Å². The van der Waals surface area contributed by atoms with Crippen molar-refractivity contribution in [2.45, 2.75) is 6.18 Å². The molecule has 2 aromatic rings. The summed E-state index contributed by atoms with van der Waals surface area (Å²) in [4.78, 5) is 6.37. The highest BCUT2D eigenvalue weighted by atomic mass is 35.5. The highest BCUT2D eigenvalue weighted by Gasteiger charge is 2.30. The van der Waals surface area contributed by atoms with Crippen LogP contribution in [0.25, 0.3) is 0 Å². The third-order valence-corrected chi connectivity index (χ3v) is 4.05. The summed E-state index contributed by atoms with van der Waals surface area (Å²) in [5, 5.41) is 0.602. The van der Waals surface area contributed by atoms with Crippen molar-refractivity contribution in [1.82, 2.24) is 0 Å². The number of nitrogens with zero attached hydrogens (tertiary/aromatic N) is 2. The Morgan fingerprint density at radius 1 is 1.15 bits per heavy atom. The van der Waals surface area contributed by atoms with Crippen LogP contribution in [0.5, 0.6) is 11.5 Å². The molecule has 0 N–H and O–H groups in total. The van der Waals surface area contributed by atoms with Gasteiger partial charge in [0, 0.05) is 23.3 Å². The van der Waals surface area contributed by atoms with Gasteiger partial charge >= 0.3 is 6.18 Å². The number of ether oxygens (including phenoxy) is 2. The van der Waals surface area contributed by atoms with Gasteiger partial charge in [0.15, 0.2) is 6.61 Å². The molecule has 0 saturated carbocycles. The van der Waals surface area contributed by atoms with E-state index in [1.54, 1.807) is 24.3 Å². The molecular formula is C18H16ClF3N2O2. The summed E-state index contributed by atoms with van der Waals surface area (Å²) in [5.41, 5.74) is 1.32. The van der Waals surface area contributed by atoms with E-state index >= 15 is 0 Å². The van der Waals surface area contributed by atoms with Crippen LogP contribution in [0.1, 0.15) is 5.56 Å². The highest BCUT2D eigenvalue weighted by molar-refractivity contribution is 6.30. The summed E-state index contributed by atoms with van der Waals surface area (Å²) in [7, 11) is 1.44. The lowest BCUT2D eigenvalue weighted by atomic mass is 10.1. The molecule has 0 spiro atoms. The normalized spacial score (nSPS) is 14.3. The predicted octanol–water partition coefficient (Wildman–Crippen LogP) is 4.56. The topological polar surface area (TPSA) is 34.1 Å². The Morgan fingerprint density at radius 3 is 2.54 bits per heavy atom. The molecule has 0 unspecified atom stereocenters. The van der Waals surface area contributed by atoms with E-state index in [9.17, 15) is 13.2 Å². The van der Waals surface area contributed by atoms with Crippen LogP contribution in [-0.4, -0.2) is 38.8 Å². The van der Waals surface area contributed by atoms with Gasteiger partial charge in [-0.2, -0.15) is 13.2 Å². The first-order valence-corrected chi connectivity index (χ1v) is 8.21. The van der Waals surface area contributed by atoms with E-state index in [-0.39, 0.29) is 5.75 Å². The third kappa shape index (κ3) is 4.22. The number of rotatable bonds is 5. The second-order valence-electron chi connectivity index (χ2n) is 5.60. The van der Waals surface area contributed by atoms with Gasteiger partial charge in [0.2, 0.25) is 0 Å². The summed E-state index contributed by atoms with van der Waals surface area (Å²) in [6, 6.07) is 11.9. The number of amidine groups is 1. The smallest absolute Gasteiger partial charge is 0.422 e. The second-order valence-corrected chi connectivity index (χ2v) is 6.04. The van der Waals surface area contributed by atoms with Crippen LogP contribution in [0.3, 0.4) is 0 Å². The monoisotopic (exact) mass is 384 g/mol. The zero-order valence-corrected chi connectivity index (χ0v) is 14.6. The van der Waals surface area contributed by atoms with Gasteiger partial charge in [-0.05, 0) is 36.4 Å². The Morgan fingerprint density at radius 2 is 1.88 bits per heavy atom. The van der Waals surface area contributed by atoms with Gasteiger partial charge in [-0.1, -0.05) is 11.6 Å². The van der Waals surface area contributed by atoms with Crippen LogP contribution in [0.4, 0.5) is 18.9 Å². The largest absolute Gasteiger partial charge is 0.497 e. The van der Waals surface area contributed by atoms with Gasteiger partial charge in [0.1, 0.15) is 17.3 Å². The van der Waals surface area contributed by atoms with E-state index in [0.29, 0.717) is 35.3 Å². The van der Waals surface area contributed by atoms with Crippen LogP contribution in [0.2, 0.25) is 5.02 Å². The number of methoxy groups -OCH3 is 1. The molecule has 0 atom stereocenters. The van der Waals surface area contributed by atoms with Crippen molar-refractivity contribution < 1.29 is 22.6 Å². The molecular weight excluding hydrogens is 369 g/mol. The fraction of sp³-hybridized carbons (Fsp3) is 0.278. The van der Waals surface area contributed by atoms with Crippen LogP contribution >= 0.6 is 11.6 Å². The van der Waals surface area contributed by atoms with E-state index in [2.05, 4.69) is 4.99 Å². The zero-order valence-electron chi connectivity index (χ0n) is 13.9. The predicted molar refractivity (Wildman–Crippen MR) is 94.7 cm³/mol. The Balaban J connectivity index is 1.94. The minimum atomic E-state index is -4.44. The molecule has 0 saturated heterocycles. The molecule has 2 aromatic carbocycles. The van der Waals surface area contributed by atoms with Gasteiger partial charge in [-0.3, -0.25) is 4.99 Å². The molecule has 26 heavy (non-hydrogen) atoms. The number of anilines is 1. The maximum Gasteiger partial charge on any atom is 0.422 e. The number of halogens is 4. The van der Waals surface area contributed by atoms with E-state index in [0.717, 1.165) is 5.69 Å². The molecule has 3 rings (SSSR count). The quantitative estimate of drug-likeness (QED) is 0.758. The molecule has 0 aromatic heterocycles. The zero-order chi connectivity index (χ0) is 18.7. The van der Waals surface area contributed by atoms with Crippen molar-refractivity contribution in [3.8, 4) is 11.5 Å². The molecule has 0 bridgehead atoms. The average molecular weight is 385 g/mol. The fourth-order valence-corrected chi connectivity index (χ4v) is 2.77. The minimum absolute atomic E-state index is 0.0706. The summed E-state index contributed by atoms with van der Waals surface area (Å²) in [6.45, 7) is -0.244. The SMILES string of the molecule is COc1ccc(C2=NCCN2c2ccc(Cl)cc2)c(OCC(F)(F)F)c1. The standard InChI is InChI=1S/C18H16ClF3N2O2/c1-25-14-6-7-15(16(10-14)26-11-18(20,21)22)17-23-8-9-24(17)13-4-2-12(19)3-5-13/h2-7,10H,8-9,11H2,1H3. The second kappa shape index (κ2) is 7.45. The maximum atomic E-state index is 12.6. The van der Waals surface area contributed by atoms with Crippen molar-refractivity contribution in [2.75, 3.05) is 31.7 Å². The first-order chi connectivity index (χ1) is 12.4. The van der Waals surface area contributed by atoms with Crippen molar-refractivity contribution in [3.63, 3.8) is 0 Å². The molecule has 0 fully saturated rings. The van der Waals surface area contributed by atoms with Gasteiger partial charge < -0.3 is 14.4 Å². The van der Waals surface area contributed by atoms with Crippen LogP contribution in [0, 0.1) is 0 Å².